The van der Waals surface area contributed by atoms with Gasteiger partial charge < -0.3 is 10.2 Å². The first-order valence-corrected chi connectivity index (χ1v) is 17.3. The van der Waals surface area contributed by atoms with Crippen LogP contribution in [0.15, 0.2) is 117 Å². The molecule has 0 aliphatic carbocycles. The maximum absolute atomic E-state index is 14.4. The predicted molar refractivity (Wildman–Crippen MR) is 182 cm³/mol. The largest absolute Gasteiger partial charge is 0.354 e. The molecule has 44 heavy (non-hydrogen) atoms. The topological polar surface area (TPSA) is 86.8 Å². The monoisotopic (exact) mass is 739 g/mol. The minimum absolute atomic E-state index is 0.0665. The number of hydrogen-bond donors (Lipinski definition) is 1. The third kappa shape index (κ3) is 8.80. The molecule has 0 bridgehead atoms. The van der Waals surface area contributed by atoms with Gasteiger partial charge in [0.15, 0.2) is 0 Å². The van der Waals surface area contributed by atoms with E-state index in [4.69, 9.17) is 0 Å². The van der Waals surface area contributed by atoms with Crippen LogP contribution in [0.5, 0.6) is 0 Å². The first kappa shape index (κ1) is 33.4. The number of nitrogens with zero attached hydrogens (tertiary/aromatic N) is 2. The van der Waals surface area contributed by atoms with Crippen molar-refractivity contribution >= 4 is 59.4 Å². The van der Waals surface area contributed by atoms with E-state index in [1.807, 2.05) is 68.4 Å². The number of sulfonamides is 1. The van der Waals surface area contributed by atoms with Gasteiger partial charge in [-0.3, -0.25) is 13.9 Å². The molecule has 0 heterocycles. The fraction of sp³-hybridized carbons (Fsp3) is 0.235. The number of anilines is 1. The lowest BCUT2D eigenvalue weighted by Crippen LogP contribution is -2.53. The van der Waals surface area contributed by atoms with Gasteiger partial charge >= 0.3 is 0 Å². The fourth-order valence-corrected chi connectivity index (χ4v) is 6.76. The molecule has 4 rings (SSSR count). The molecule has 0 saturated heterocycles. The predicted octanol–water partition coefficient (Wildman–Crippen LogP) is 6.88. The molecule has 0 aliphatic rings. The number of rotatable bonds is 13. The van der Waals surface area contributed by atoms with Crippen LogP contribution < -0.4 is 9.62 Å². The Kier molecular flexibility index (Phi) is 11.8. The van der Waals surface area contributed by atoms with Crippen LogP contribution in [-0.2, 0) is 32.6 Å². The number of carbonyl (C=O) groups excluding carboxylic acids is 2. The maximum atomic E-state index is 14.4. The molecule has 1 N–H and O–H groups in total. The molecule has 230 valence electrons. The minimum atomic E-state index is -4.16. The first-order valence-electron chi connectivity index (χ1n) is 14.3. The summed E-state index contributed by atoms with van der Waals surface area (Å²) in [5.74, 6) is -0.798. The van der Waals surface area contributed by atoms with Crippen molar-refractivity contribution in [1.29, 1.82) is 0 Å². The van der Waals surface area contributed by atoms with E-state index in [9.17, 15) is 18.0 Å². The Hall–Kier alpha value is -3.47. The molecule has 2 amide bonds. The third-order valence-electron chi connectivity index (χ3n) is 7.07. The highest BCUT2D eigenvalue weighted by molar-refractivity contribution is 9.10. The molecule has 0 unspecified atom stereocenters. The number of aryl methyl sites for hydroxylation is 1. The number of amides is 2. The summed E-state index contributed by atoms with van der Waals surface area (Å²) < 4.78 is 30.9. The van der Waals surface area contributed by atoms with Crippen LogP contribution in [0.1, 0.15) is 30.0 Å². The van der Waals surface area contributed by atoms with Gasteiger partial charge in [-0.1, -0.05) is 105 Å². The average Bonchev–Trinajstić information content (AvgIpc) is 3.01. The Morgan fingerprint density at radius 1 is 0.818 bits per heavy atom. The van der Waals surface area contributed by atoms with Crippen molar-refractivity contribution in [3.8, 4) is 0 Å². The van der Waals surface area contributed by atoms with Gasteiger partial charge in [0.05, 0.1) is 10.6 Å². The van der Waals surface area contributed by atoms with E-state index in [0.29, 0.717) is 16.7 Å². The summed E-state index contributed by atoms with van der Waals surface area (Å²) in [6.45, 7) is 3.90. The Labute approximate surface area is 276 Å². The summed E-state index contributed by atoms with van der Waals surface area (Å²) in [6.07, 6.45) is 0.996. The highest BCUT2D eigenvalue weighted by Gasteiger charge is 2.34. The van der Waals surface area contributed by atoms with Crippen molar-refractivity contribution in [3.63, 3.8) is 0 Å². The molecule has 1 atom stereocenters. The molecule has 0 aliphatic heterocycles. The van der Waals surface area contributed by atoms with E-state index in [0.717, 1.165) is 31.9 Å². The Morgan fingerprint density at radius 2 is 1.50 bits per heavy atom. The van der Waals surface area contributed by atoms with Crippen molar-refractivity contribution in [3.05, 3.63) is 129 Å². The van der Waals surface area contributed by atoms with Crippen LogP contribution in [0.25, 0.3) is 0 Å². The lowest BCUT2D eigenvalue weighted by Gasteiger charge is -2.34. The normalized spacial score (nSPS) is 11.9. The molecule has 0 fully saturated rings. The zero-order chi connectivity index (χ0) is 31.7. The number of nitrogens with one attached hydrogen (secondary N) is 1. The van der Waals surface area contributed by atoms with Gasteiger partial charge in [0.1, 0.15) is 12.6 Å². The summed E-state index contributed by atoms with van der Waals surface area (Å²) >= 11 is 6.89. The van der Waals surface area contributed by atoms with Gasteiger partial charge in [-0.25, -0.2) is 8.42 Å². The number of carbonyl (C=O) groups is 2. The van der Waals surface area contributed by atoms with Crippen LogP contribution in [0, 0.1) is 6.92 Å². The molecule has 10 heteroatoms. The Balaban J connectivity index is 1.79. The van der Waals surface area contributed by atoms with E-state index < -0.39 is 28.5 Å². The van der Waals surface area contributed by atoms with Crippen molar-refractivity contribution in [2.24, 2.45) is 0 Å². The summed E-state index contributed by atoms with van der Waals surface area (Å²) in [5.41, 5.74) is 2.93. The lowest BCUT2D eigenvalue weighted by atomic mass is 10.0. The Bertz CT molecular complexity index is 1670. The minimum Gasteiger partial charge on any atom is -0.354 e. The number of halogens is 2. The Morgan fingerprint density at radius 3 is 2.14 bits per heavy atom. The quantitative estimate of drug-likeness (QED) is 0.162. The summed E-state index contributed by atoms with van der Waals surface area (Å²) in [7, 11) is -4.16. The third-order valence-corrected chi connectivity index (χ3v) is 9.88. The van der Waals surface area contributed by atoms with E-state index in [1.54, 1.807) is 36.4 Å². The summed E-state index contributed by atoms with van der Waals surface area (Å²) in [4.78, 5) is 29.7. The molecule has 4 aromatic carbocycles. The van der Waals surface area contributed by atoms with E-state index in [1.165, 1.54) is 17.0 Å². The molecular weight excluding hydrogens is 706 g/mol. The van der Waals surface area contributed by atoms with Crippen molar-refractivity contribution in [1.82, 2.24) is 10.2 Å². The number of hydrogen-bond acceptors (Lipinski definition) is 4. The zero-order valence-electron chi connectivity index (χ0n) is 24.6. The van der Waals surface area contributed by atoms with E-state index in [2.05, 4.69) is 37.2 Å². The summed E-state index contributed by atoms with van der Waals surface area (Å²) in [6, 6.07) is 29.5. The first-order chi connectivity index (χ1) is 21.1. The molecule has 0 spiro atoms. The second kappa shape index (κ2) is 15.5. The lowest BCUT2D eigenvalue weighted by molar-refractivity contribution is -0.140. The van der Waals surface area contributed by atoms with Gasteiger partial charge in [-0.15, -0.1) is 0 Å². The van der Waals surface area contributed by atoms with E-state index in [-0.39, 0.29) is 23.8 Å². The zero-order valence-corrected chi connectivity index (χ0v) is 28.6. The van der Waals surface area contributed by atoms with Crippen molar-refractivity contribution in [2.75, 3.05) is 17.4 Å². The molecule has 0 saturated carbocycles. The van der Waals surface area contributed by atoms with Gasteiger partial charge in [-0.05, 0) is 66.9 Å². The standard InChI is InChI=1S/C34H35Br2N3O4S/c1-3-20-37-34(41)32(21-26-8-5-4-6-9-26)38(23-27-14-16-28(35)17-15-27)33(40)24-39(30-11-7-10-29(36)22-30)44(42,43)31-18-12-25(2)13-19-31/h4-19,22,32H,3,20-21,23-24H2,1-2H3,(H,37,41)/t32-/m1/s1. The van der Waals surface area contributed by atoms with Crippen molar-refractivity contribution < 1.29 is 18.0 Å². The van der Waals surface area contributed by atoms with Crippen molar-refractivity contribution in [2.45, 2.75) is 44.2 Å². The highest BCUT2D eigenvalue weighted by atomic mass is 79.9. The average molecular weight is 742 g/mol. The second-order valence-corrected chi connectivity index (χ2v) is 14.1. The highest BCUT2D eigenvalue weighted by Crippen LogP contribution is 2.27. The van der Waals surface area contributed by atoms with Gasteiger partial charge in [0.2, 0.25) is 11.8 Å². The van der Waals surface area contributed by atoms with Gasteiger partial charge in [0, 0.05) is 28.5 Å². The second-order valence-electron chi connectivity index (χ2n) is 10.4. The van der Waals surface area contributed by atoms with E-state index >= 15 is 0 Å². The van der Waals surface area contributed by atoms with Crippen LogP contribution in [0.4, 0.5) is 5.69 Å². The maximum Gasteiger partial charge on any atom is 0.264 e. The van der Waals surface area contributed by atoms with Crippen LogP contribution in [0.3, 0.4) is 0 Å². The smallest absolute Gasteiger partial charge is 0.264 e. The summed E-state index contributed by atoms with van der Waals surface area (Å²) in [5, 5.41) is 2.96. The van der Waals surface area contributed by atoms with Crippen LogP contribution in [-0.4, -0.2) is 44.3 Å². The fourth-order valence-electron chi connectivity index (χ4n) is 4.70. The molecule has 7 nitrogen and oxygen atoms in total. The molecular formula is C34H35Br2N3O4S. The number of benzene rings is 4. The molecule has 0 aromatic heterocycles. The molecule has 0 radical (unpaired) electrons. The molecule has 4 aromatic rings. The van der Waals surface area contributed by atoms with Gasteiger partial charge in [0.25, 0.3) is 10.0 Å². The SMILES string of the molecule is CCCNC(=O)[C@@H](Cc1ccccc1)N(Cc1ccc(Br)cc1)C(=O)CN(c1cccc(Br)c1)S(=O)(=O)c1ccc(C)cc1. The van der Waals surface area contributed by atoms with Gasteiger partial charge in [-0.2, -0.15) is 0 Å². The van der Waals surface area contributed by atoms with Crippen LogP contribution in [0.2, 0.25) is 0 Å². The van der Waals surface area contributed by atoms with Crippen LogP contribution >= 0.6 is 31.9 Å².